The van der Waals surface area contributed by atoms with Crippen LogP contribution in [-0.4, -0.2) is 26.3 Å². The number of allylic oxidation sites excluding steroid dienone is 2. The quantitative estimate of drug-likeness (QED) is 0.457. The second-order valence-electron chi connectivity index (χ2n) is 8.46. The van der Waals surface area contributed by atoms with Crippen LogP contribution in [-0.2, 0) is 11.4 Å². The average molecular weight is 461 g/mol. The highest BCUT2D eigenvalue weighted by molar-refractivity contribution is 7.99. The van der Waals surface area contributed by atoms with Crippen LogP contribution in [0.2, 0.25) is 0 Å². The van der Waals surface area contributed by atoms with Crippen molar-refractivity contribution in [2.24, 2.45) is 0 Å². The van der Waals surface area contributed by atoms with E-state index >= 15 is 0 Å². The van der Waals surface area contributed by atoms with Gasteiger partial charge in [0, 0.05) is 29.0 Å². The van der Waals surface area contributed by atoms with Crippen LogP contribution in [0.3, 0.4) is 0 Å². The van der Waals surface area contributed by atoms with E-state index in [1.165, 1.54) is 5.56 Å². The first-order valence-corrected chi connectivity index (χ1v) is 12.5. The van der Waals surface area contributed by atoms with E-state index in [0.717, 1.165) is 58.3 Å². The van der Waals surface area contributed by atoms with Crippen LogP contribution >= 0.6 is 11.8 Å². The molecule has 2 aromatic carbocycles. The number of aryl methyl sites for hydroxylation is 1. The SMILES string of the molecule is CCCSc1nc2n(n1)C(c1ccccc1OCc1ccccc1C)C1=C(CCCC1=O)N2. The number of fused-ring (bicyclic) bond motifs is 1. The molecule has 0 saturated carbocycles. The molecule has 0 saturated heterocycles. The summed E-state index contributed by atoms with van der Waals surface area (Å²) in [5, 5.41) is 8.95. The third-order valence-corrected chi connectivity index (χ3v) is 7.19. The summed E-state index contributed by atoms with van der Waals surface area (Å²) in [7, 11) is 0. The number of hydrogen-bond donors (Lipinski definition) is 1. The molecule has 2 aliphatic rings. The van der Waals surface area contributed by atoms with E-state index in [4.69, 9.17) is 14.8 Å². The minimum absolute atomic E-state index is 0.173. The number of benzene rings is 2. The zero-order chi connectivity index (χ0) is 22.8. The van der Waals surface area contributed by atoms with Crippen LogP contribution in [0.25, 0.3) is 0 Å². The first kappa shape index (κ1) is 21.8. The van der Waals surface area contributed by atoms with Crippen molar-refractivity contribution in [1.82, 2.24) is 14.8 Å². The molecule has 33 heavy (non-hydrogen) atoms. The molecule has 1 aromatic heterocycles. The van der Waals surface area contributed by atoms with Crippen molar-refractivity contribution in [3.05, 3.63) is 76.5 Å². The molecule has 0 amide bonds. The fourth-order valence-corrected chi connectivity index (χ4v) is 5.13. The van der Waals surface area contributed by atoms with Gasteiger partial charge in [-0.25, -0.2) is 4.68 Å². The Morgan fingerprint density at radius 3 is 2.82 bits per heavy atom. The number of ether oxygens (including phenoxy) is 1. The monoisotopic (exact) mass is 460 g/mol. The molecule has 6 nitrogen and oxygen atoms in total. The first-order valence-electron chi connectivity index (χ1n) is 11.5. The maximum atomic E-state index is 13.1. The lowest BCUT2D eigenvalue weighted by Crippen LogP contribution is -2.31. The number of thioether (sulfide) groups is 1. The smallest absolute Gasteiger partial charge is 0.227 e. The van der Waals surface area contributed by atoms with Gasteiger partial charge in [0.05, 0.1) is 0 Å². The fraction of sp³-hybridized carbons (Fsp3) is 0.346. The van der Waals surface area contributed by atoms with E-state index in [1.807, 2.05) is 41.1 Å². The summed E-state index contributed by atoms with van der Waals surface area (Å²) in [5.74, 6) is 2.59. The Hall–Kier alpha value is -3.06. The van der Waals surface area contributed by atoms with Gasteiger partial charge in [-0.15, -0.1) is 5.10 Å². The Morgan fingerprint density at radius 2 is 1.97 bits per heavy atom. The zero-order valence-corrected chi connectivity index (χ0v) is 19.8. The van der Waals surface area contributed by atoms with E-state index in [-0.39, 0.29) is 11.8 Å². The maximum absolute atomic E-state index is 13.1. The Balaban J connectivity index is 1.56. The number of nitrogens with one attached hydrogen (secondary N) is 1. The van der Waals surface area contributed by atoms with Crippen LogP contribution < -0.4 is 10.1 Å². The third-order valence-electron chi connectivity index (χ3n) is 6.14. The lowest BCUT2D eigenvalue weighted by Gasteiger charge is -2.32. The summed E-state index contributed by atoms with van der Waals surface area (Å²) in [5.41, 5.74) is 5.04. The highest BCUT2D eigenvalue weighted by Crippen LogP contribution is 2.43. The number of rotatable bonds is 7. The topological polar surface area (TPSA) is 69.0 Å². The molecule has 0 radical (unpaired) electrons. The Bertz CT molecular complexity index is 1220. The molecule has 0 bridgehead atoms. The summed E-state index contributed by atoms with van der Waals surface area (Å²) in [6, 6.07) is 15.9. The predicted molar refractivity (Wildman–Crippen MR) is 131 cm³/mol. The largest absolute Gasteiger partial charge is 0.489 e. The van der Waals surface area contributed by atoms with Crippen molar-refractivity contribution < 1.29 is 9.53 Å². The van der Waals surface area contributed by atoms with E-state index in [0.29, 0.717) is 19.0 Å². The second-order valence-corrected chi connectivity index (χ2v) is 9.52. The minimum atomic E-state index is -0.347. The van der Waals surface area contributed by atoms with Crippen molar-refractivity contribution in [3.63, 3.8) is 0 Å². The molecule has 3 aromatic rings. The molecule has 2 heterocycles. The first-order chi connectivity index (χ1) is 16.2. The van der Waals surface area contributed by atoms with Crippen LogP contribution in [0.15, 0.2) is 65.0 Å². The van der Waals surface area contributed by atoms with Crippen LogP contribution in [0.1, 0.15) is 55.3 Å². The van der Waals surface area contributed by atoms with E-state index in [9.17, 15) is 4.79 Å². The highest BCUT2D eigenvalue weighted by Gasteiger charge is 2.38. The lowest BCUT2D eigenvalue weighted by molar-refractivity contribution is -0.116. The fourth-order valence-electron chi connectivity index (χ4n) is 4.44. The number of ketones is 1. The number of Topliss-reactive ketones (excluding diaryl/α,β-unsaturated/α-hetero) is 1. The summed E-state index contributed by atoms with van der Waals surface area (Å²) < 4.78 is 8.21. The molecule has 5 rings (SSSR count). The molecule has 0 fully saturated rings. The highest BCUT2D eigenvalue weighted by atomic mass is 32.2. The Morgan fingerprint density at radius 1 is 1.15 bits per heavy atom. The summed E-state index contributed by atoms with van der Waals surface area (Å²) in [6.07, 6.45) is 3.31. The van der Waals surface area contributed by atoms with Gasteiger partial charge in [0.2, 0.25) is 11.1 Å². The number of aromatic nitrogens is 3. The van der Waals surface area contributed by atoms with Gasteiger partial charge in [-0.1, -0.05) is 61.2 Å². The Labute approximate surface area is 198 Å². The molecule has 1 atom stereocenters. The van der Waals surface area contributed by atoms with Crippen molar-refractivity contribution in [1.29, 1.82) is 0 Å². The molecular weight excluding hydrogens is 432 g/mol. The molecule has 1 unspecified atom stereocenters. The number of para-hydroxylation sites is 1. The van der Waals surface area contributed by atoms with Gasteiger partial charge in [-0.3, -0.25) is 4.79 Å². The van der Waals surface area contributed by atoms with Crippen LogP contribution in [0.5, 0.6) is 5.75 Å². The number of carbonyl (C=O) groups excluding carboxylic acids is 1. The minimum Gasteiger partial charge on any atom is -0.489 e. The van der Waals surface area contributed by atoms with Crippen molar-refractivity contribution >= 4 is 23.5 Å². The van der Waals surface area contributed by atoms with Gasteiger partial charge in [0.1, 0.15) is 18.4 Å². The average Bonchev–Trinajstić information content (AvgIpc) is 3.24. The molecular formula is C26H28N4O2S. The summed E-state index contributed by atoms with van der Waals surface area (Å²) in [4.78, 5) is 17.9. The van der Waals surface area contributed by atoms with Gasteiger partial charge in [0.15, 0.2) is 5.78 Å². The third kappa shape index (κ3) is 4.29. The van der Waals surface area contributed by atoms with Gasteiger partial charge in [0.25, 0.3) is 0 Å². The molecule has 0 spiro atoms. The van der Waals surface area contributed by atoms with Gasteiger partial charge >= 0.3 is 0 Å². The van der Waals surface area contributed by atoms with E-state index in [1.54, 1.807) is 11.8 Å². The van der Waals surface area contributed by atoms with Crippen molar-refractivity contribution in [2.75, 3.05) is 11.1 Å². The zero-order valence-electron chi connectivity index (χ0n) is 19.0. The lowest BCUT2D eigenvalue weighted by atomic mass is 9.85. The van der Waals surface area contributed by atoms with Crippen LogP contribution in [0, 0.1) is 6.92 Å². The number of carbonyl (C=O) groups is 1. The van der Waals surface area contributed by atoms with Gasteiger partial charge in [-0.05, 0) is 43.4 Å². The molecule has 1 aliphatic carbocycles. The maximum Gasteiger partial charge on any atom is 0.227 e. The normalized spacial score (nSPS) is 17.4. The van der Waals surface area contributed by atoms with Crippen molar-refractivity contribution in [2.45, 2.75) is 57.3 Å². The number of anilines is 1. The standard InChI is InChI=1S/C26H28N4O2S/c1-3-15-33-26-28-25-27-20-12-8-13-21(31)23(20)24(30(25)29-26)19-11-6-7-14-22(19)32-16-18-10-5-4-9-17(18)2/h4-7,9-11,14,24H,3,8,12-13,15-16H2,1-2H3,(H,27,28,29). The van der Waals surface area contributed by atoms with Crippen molar-refractivity contribution in [3.8, 4) is 5.75 Å². The number of hydrogen-bond acceptors (Lipinski definition) is 6. The second kappa shape index (κ2) is 9.43. The molecule has 1 aliphatic heterocycles. The molecule has 170 valence electrons. The Kier molecular flexibility index (Phi) is 6.22. The van der Waals surface area contributed by atoms with E-state index in [2.05, 4.69) is 31.3 Å². The summed E-state index contributed by atoms with van der Waals surface area (Å²) in [6.45, 7) is 4.70. The van der Waals surface area contributed by atoms with Gasteiger partial charge in [-0.2, -0.15) is 4.98 Å². The van der Waals surface area contributed by atoms with Crippen LogP contribution in [0.4, 0.5) is 5.95 Å². The van der Waals surface area contributed by atoms with E-state index < -0.39 is 0 Å². The number of nitrogens with zero attached hydrogens (tertiary/aromatic N) is 3. The predicted octanol–water partition coefficient (Wildman–Crippen LogP) is 5.69. The summed E-state index contributed by atoms with van der Waals surface area (Å²) >= 11 is 1.64. The molecule has 7 heteroatoms. The molecule has 1 N–H and O–H groups in total. The van der Waals surface area contributed by atoms with Gasteiger partial charge < -0.3 is 10.1 Å².